The van der Waals surface area contributed by atoms with E-state index in [1.807, 2.05) is 12.1 Å². The predicted octanol–water partition coefficient (Wildman–Crippen LogP) is 2.34. The number of ether oxygens (including phenoxy) is 1. The van der Waals surface area contributed by atoms with E-state index in [2.05, 4.69) is 37.1 Å². The second-order valence-electron chi connectivity index (χ2n) is 8.84. The Kier molecular flexibility index (Phi) is 9.39. The topological polar surface area (TPSA) is 141 Å². The molecule has 36 heavy (non-hydrogen) atoms. The molecular formula is C22H30ClF3N6O4. The Morgan fingerprint density at radius 1 is 1.31 bits per heavy atom. The molecule has 10 nitrogen and oxygen atoms in total. The summed E-state index contributed by atoms with van der Waals surface area (Å²) in [7, 11) is 0. The number of aliphatic carboxylic acids is 1. The number of aliphatic hydroxyl groups is 1. The normalized spacial score (nSPS) is 22.6. The molecule has 0 spiro atoms. The third kappa shape index (κ3) is 7.69. The zero-order chi connectivity index (χ0) is 26.5. The van der Waals surface area contributed by atoms with Gasteiger partial charge < -0.3 is 25.6 Å². The van der Waals surface area contributed by atoms with Gasteiger partial charge in [0.25, 0.3) is 0 Å². The van der Waals surface area contributed by atoms with Gasteiger partial charge in [0.15, 0.2) is 0 Å². The van der Waals surface area contributed by atoms with Gasteiger partial charge >= 0.3 is 12.1 Å². The van der Waals surface area contributed by atoms with E-state index in [4.69, 9.17) is 32.0 Å². The van der Waals surface area contributed by atoms with Crippen molar-refractivity contribution in [2.75, 3.05) is 36.9 Å². The molecule has 5 N–H and O–H groups in total. The number of halogens is 4. The number of carboxylic acids is 1. The summed E-state index contributed by atoms with van der Waals surface area (Å²) in [6.07, 6.45) is -2.79. The van der Waals surface area contributed by atoms with Gasteiger partial charge in [0, 0.05) is 36.7 Å². The van der Waals surface area contributed by atoms with Gasteiger partial charge in [0.2, 0.25) is 11.9 Å². The lowest BCUT2D eigenvalue weighted by atomic mass is 9.95. The van der Waals surface area contributed by atoms with Crippen molar-refractivity contribution < 1.29 is 32.9 Å². The molecular weight excluding hydrogens is 505 g/mol. The zero-order valence-electron chi connectivity index (χ0n) is 19.7. The number of hydrogen-bond acceptors (Lipinski definition) is 8. The number of benzene rings is 1. The Bertz CT molecular complexity index is 983. The highest BCUT2D eigenvalue weighted by molar-refractivity contribution is 6.30. The molecule has 3 atom stereocenters. The minimum atomic E-state index is -5.08. The minimum Gasteiger partial charge on any atom is -0.475 e. The van der Waals surface area contributed by atoms with Crippen LogP contribution in [0.3, 0.4) is 0 Å². The van der Waals surface area contributed by atoms with E-state index in [9.17, 15) is 18.3 Å². The van der Waals surface area contributed by atoms with Crippen LogP contribution in [0, 0.1) is 0 Å². The second-order valence-corrected chi connectivity index (χ2v) is 9.27. The van der Waals surface area contributed by atoms with Crippen LogP contribution >= 0.6 is 11.6 Å². The van der Waals surface area contributed by atoms with Crippen molar-refractivity contribution in [1.82, 2.24) is 20.1 Å². The third-order valence-corrected chi connectivity index (χ3v) is 6.49. The average molecular weight is 535 g/mol. The number of nitrogens with two attached hydrogens (primary N) is 1. The fraction of sp³-hybridized carbons (Fsp3) is 0.591. The fourth-order valence-electron chi connectivity index (χ4n) is 4.35. The summed E-state index contributed by atoms with van der Waals surface area (Å²) >= 11 is 6.04. The van der Waals surface area contributed by atoms with Crippen molar-refractivity contribution in [3.8, 4) is 0 Å². The first-order chi connectivity index (χ1) is 16.9. The van der Waals surface area contributed by atoms with Crippen LogP contribution in [0.4, 0.5) is 25.1 Å². The van der Waals surface area contributed by atoms with Gasteiger partial charge in [-0.3, -0.25) is 4.90 Å². The predicted molar refractivity (Wildman–Crippen MR) is 127 cm³/mol. The van der Waals surface area contributed by atoms with Gasteiger partial charge in [0.1, 0.15) is 0 Å². The Morgan fingerprint density at radius 2 is 1.92 bits per heavy atom. The molecule has 2 aromatic rings. The average Bonchev–Trinajstić information content (AvgIpc) is 3.27. The van der Waals surface area contributed by atoms with Crippen LogP contribution in [0.1, 0.15) is 25.3 Å². The van der Waals surface area contributed by atoms with Crippen molar-refractivity contribution in [2.45, 2.75) is 56.7 Å². The number of hydrogen-bond donors (Lipinski definition) is 4. The number of carbonyl (C=O) groups is 1. The first kappa shape index (κ1) is 28.0. The number of carboxylic acid groups (broad SMARTS) is 1. The molecule has 2 saturated heterocycles. The number of anilines is 2. The van der Waals surface area contributed by atoms with Crippen LogP contribution in [-0.2, 0) is 16.0 Å². The summed E-state index contributed by atoms with van der Waals surface area (Å²) in [6.45, 7) is 4.93. The molecule has 3 heterocycles. The fourth-order valence-corrected chi connectivity index (χ4v) is 4.48. The van der Waals surface area contributed by atoms with Gasteiger partial charge in [-0.1, -0.05) is 23.7 Å². The maximum Gasteiger partial charge on any atom is 0.490 e. The summed E-state index contributed by atoms with van der Waals surface area (Å²) in [5.41, 5.74) is 6.91. The van der Waals surface area contributed by atoms with E-state index in [1.165, 1.54) is 5.56 Å². The SMILES string of the molecule is CC(O)[C@H]1CN(C2CCN(c3n[nH]c(N)n3)CC2)[C@@H](Cc2ccc(Cl)cc2)CO1.O=C(O)C(F)(F)F. The van der Waals surface area contributed by atoms with E-state index in [1.54, 1.807) is 6.92 Å². The molecule has 0 amide bonds. The Morgan fingerprint density at radius 3 is 2.42 bits per heavy atom. The highest BCUT2D eigenvalue weighted by Gasteiger charge is 2.38. The van der Waals surface area contributed by atoms with E-state index in [0.29, 0.717) is 24.5 Å². The Balaban J connectivity index is 0.000000454. The largest absolute Gasteiger partial charge is 0.490 e. The number of H-pyrrole nitrogens is 1. The summed E-state index contributed by atoms with van der Waals surface area (Å²) in [5, 5.41) is 24.8. The third-order valence-electron chi connectivity index (χ3n) is 6.23. The minimum absolute atomic E-state index is 0.151. The van der Waals surface area contributed by atoms with Crippen LogP contribution in [0.5, 0.6) is 0 Å². The van der Waals surface area contributed by atoms with E-state index in [-0.39, 0.29) is 12.1 Å². The summed E-state index contributed by atoms with van der Waals surface area (Å²) in [5.74, 6) is -1.74. The Labute approximate surface area is 211 Å². The van der Waals surface area contributed by atoms with Crippen LogP contribution in [0.25, 0.3) is 0 Å². The summed E-state index contributed by atoms with van der Waals surface area (Å²) < 4.78 is 37.7. The molecule has 2 aliphatic heterocycles. The van der Waals surface area contributed by atoms with E-state index in [0.717, 1.165) is 43.9 Å². The number of nitrogens with zero attached hydrogens (tertiary/aromatic N) is 4. The smallest absolute Gasteiger partial charge is 0.475 e. The van der Waals surface area contributed by atoms with Crippen LogP contribution < -0.4 is 10.6 Å². The number of nitrogens with one attached hydrogen (secondary N) is 1. The van der Waals surface area contributed by atoms with Gasteiger partial charge in [0.05, 0.1) is 18.8 Å². The standard InChI is InChI=1S/C20H29ClN6O2.C2HF3O2/c1-13(28)18-11-27(17(12-29-18)10-14-2-4-15(21)5-3-14)16-6-8-26(9-7-16)20-23-19(22)24-25-20;3-2(4,5)1(6)7/h2-5,13,16-18,28H,6-12H2,1H3,(H3,22,23,24,25);(H,6,7)/t13?,17-,18+;/m0./s1. The molecule has 0 radical (unpaired) electrons. The molecule has 14 heteroatoms. The summed E-state index contributed by atoms with van der Waals surface area (Å²) in [4.78, 5) is 17.9. The number of rotatable bonds is 5. The molecule has 200 valence electrons. The molecule has 0 saturated carbocycles. The van der Waals surface area contributed by atoms with Gasteiger partial charge in [-0.2, -0.15) is 18.2 Å². The van der Waals surface area contributed by atoms with Crippen molar-refractivity contribution in [2.24, 2.45) is 0 Å². The maximum atomic E-state index is 10.6. The van der Waals surface area contributed by atoms with Gasteiger partial charge in [-0.25, -0.2) is 9.89 Å². The molecule has 2 fully saturated rings. The van der Waals surface area contributed by atoms with Crippen molar-refractivity contribution in [3.63, 3.8) is 0 Å². The first-order valence-electron chi connectivity index (χ1n) is 11.5. The van der Waals surface area contributed by atoms with Crippen molar-refractivity contribution in [3.05, 3.63) is 34.9 Å². The Hall–Kier alpha value is -2.61. The maximum absolute atomic E-state index is 10.6. The molecule has 1 aromatic heterocycles. The van der Waals surface area contributed by atoms with E-state index >= 15 is 0 Å². The number of aromatic nitrogens is 3. The van der Waals surface area contributed by atoms with Gasteiger partial charge in [-0.15, -0.1) is 5.10 Å². The molecule has 1 aromatic carbocycles. The van der Waals surface area contributed by atoms with Gasteiger partial charge in [-0.05, 0) is 43.9 Å². The monoisotopic (exact) mass is 534 g/mol. The lowest BCUT2D eigenvalue weighted by molar-refractivity contribution is -0.192. The first-order valence-corrected chi connectivity index (χ1v) is 11.8. The number of nitrogen functional groups attached to an aromatic ring is 1. The number of piperidine rings is 1. The molecule has 1 unspecified atom stereocenters. The van der Waals surface area contributed by atoms with Crippen LogP contribution in [0.15, 0.2) is 24.3 Å². The highest BCUT2D eigenvalue weighted by atomic mass is 35.5. The molecule has 2 aliphatic rings. The van der Waals surface area contributed by atoms with E-state index < -0.39 is 18.2 Å². The van der Waals surface area contributed by atoms with Crippen molar-refractivity contribution >= 4 is 29.5 Å². The van der Waals surface area contributed by atoms with Crippen LogP contribution in [-0.4, -0.2) is 93.0 Å². The second kappa shape index (κ2) is 12.1. The highest BCUT2D eigenvalue weighted by Crippen LogP contribution is 2.27. The number of morpholine rings is 1. The number of aliphatic hydroxyl groups excluding tert-OH is 1. The molecule has 4 rings (SSSR count). The molecule has 0 aliphatic carbocycles. The lowest BCUT2D eigenvalue weighted by Crippen LogP contribution is -2.59. The van der Waals surface area contributed by atoms with Crippen molar-refractivity contribution in [1.29, 1.82) is 0 Å². The lowest BCUT2D eigenvalue weighted by Gasteiger charge is -2.47. The number of aromatic amines is 1. The molecule has 0 bridgehead atoms. The zero-order valence-corrected chi connectivity index (χ0v) is 20.4. The summed E-state index contributed by atoms with van der Waals surface area (Å²) in [6, 6.07) is 8.75. The number of alkyl halides is 3. The van der Waals surface area contributed by atoms with Crippen LogP contribution in [0.2, 0.25) is 5.02 Å². The quantitative estimate of drug-likeness (QED) is 0.455.